The summed E-state index contributed by atoms with van der Waals surface area (Å²) in [4.78, 5) is 11.5. The molecule has 0 unspecified atom stereocenters. The number of rotatable bonds is 0. The average Bonchev–Trinajstić information content (AvgIpc) is 2.25. The molecule has 80 valence electrons. The van der Waals surface area contributed by atoms with Crippen LogP contribution < -0.4 is 0 Å². The molecule has 0 N–H and O–H groups in total. The molecule has 0 saturated carbocycles. The molecular formula is C14H18O. The van der Waals surface area contributed by atoms with Crippen LogP contribution in [0.15, 0.2) is 24.3 Å². The number of ketones is 1. The van der Waals surface area contributed by atoms with Crippen molar-refractivity contribution in [2.75, 3.05) is 0 Å². The van der Waals surface area contributed by atoms with E-state index in [9.17, 15) is 4.79 Å². The Balaban J connectivity index is 2.09. The molecule has 0 atom stereocenters. The number of Topliss-reactive ketones (excluding diaryl/α,β-unsaturated/α-hetero) is 1. The summed E-state index contributed by atoms with van der Waals surface area (Å²) in [6.45, 7) is 0. The van der Waals surface area contributed by atoms with Gasteiger partial charge in [-0.1, -0.05) is 30.7 Å². The summed E-state index contributed by atoms with van der Waals surface area (Å²) < 4.78 is 0. The van der Waals surface area contributed by atoms with Crippen LogP contribution in [0.5, 0.6) is 0 Å². The summed E-state index contributed by atoms with van der Waals surface area (Å²) in [6.07, 6.45) is 7.07. The minimum atomic E-state index is 0.430. The monoisotopic (exact) mass is 202 g/mol. The van der Waals surface area contributed by atoms with E-state index in [1.807, 2.05) is 0 Å². The zero-order valence-electron chi connectivity index (χ0n) is 9.17. The lowest BCUT2D eigenvalue weighted by Gasteiger charge is -2.07. The lowest BCUT2D eigenvalue weighted by molar-refractivity contribution is -0.119. The van der Waals surface area contributed by atoms with Crippen molar-refractivity contribution in [3.05, 3.63) is 35.4 Å². The molecule has 1 nitrogen and oxygen atoms in total. The van der Waals surface area contributed by atoms with Crippen molar-refractivity contribution in [1.82, 2.24) is 0 Å². The van der Waals surface area contributed by atoms with Crippen molar-refractivity contribution in [2.24, 2.45) is 0 Å². The smallest absolute Gasteiger partial charge is 0.133 e. The number of hydrogen-bond donors (Lipinski definition) is 0. The summed E-state index contributed by atoms with van der Waals surface area (Å²) in [5.41, 5.74) is 2.73. The molecule has 3 rings (SSSR count). The first-order valence-electron chi connectivity index (χ1n) is 5.94. The molecule has 0 radical (unpaired) electrons. The molecule has 15 heavy (non-hydrogen) atoms. The van der Waals surface area contributed by atoms with E-state index < -0.39 is 0 Å². The second-order valence-corrected chi connectivity index (χ2v) is 4.42. The molecule has 0 aliphatic heterocycles. The van der Waals surface area contributed by atoms with Gasteiger partial charge < -0.3 is 0 Å². The number of aryl methyl sites for hydroxylation is 2. The molecular weight excluding hydrogens is 184 g/mol. The van der Waals surface area contributed by atoms with Gasteiger partial charge in [0.15, 0.2) is 0 Å². The molecule has 0 amide bonds. The van der Waals surface area contributed by atoms with E-state index in [4.69, 9.17) is 0 Å². The topological polar surface area (TPSA) is 17.1 Å². The van der Waals surface area contributed by atoms with Crippen LogP contribution in [-0.4, -0.2) is 5.78 Å². The van der Waals surface area contributed by atoms with Gasteiger partial charge in [-0.3, -0.25) is 4.79 Å². The second kappa shape index (κ2) is 5.11. The van der Waals surface area contributed by atoms with Gasteiger partial charge in [0.05, 0.1) is 0 Å². The minimum Gasteiger partial charge on any atom is -0.300 e. The Bertz CT molecular complexity index is 324. The van der Waals surface area contributed by atoms with Gasteiger partial charge in [-0.05, 0) is 36.8 Å². The summed E-state index contributed by atoms with van der Waals surface area (Å²) in [5, 5.41) is 0. The van der Waals surface area contributed by atoms with Crippen LogP contribution >= 0.6 is 0 Å². The summed E-state index contributed by atoms with van der Waals surface area (Å²) in [7, 11) is 0. The third kappa shape index (κ3) is 3.19. The highest BCUT2D eigenvalue weighted by molar-refractivity contribution is 5.78. The van der Waals surface area contributed by atoms with Gasteiger partial charge >= 0.3 is 0 Å². The van der Waals surface area contributed by atoms with Gasteiger partial charge in [0.25, 0.3) is 0 Å². The Hall–Kier alpha value is -1.11. The quantitative estimate of drug-likeness (QED) is 0.631. The minimum absolute atomic E-state index is 0.430. The Morgan fingerprint density at radius 2 is 1.27 bits per heavy atom. The molecule has 1 aromatic rings. The van der Waals surface area contributed by atoms with Crippen LogP contribution in [0.25, 0.3) is 0 Å². The Labute approximate surface area is 91.5 Å². The fourth-order valence-corrected chi connectivity index (χ4v) is 2.11. The van der Waals surface area contributed by atoms with Gasteiger partial charge in [-0.2, -0.15) is 0 Å². The fraction of sp³-hybridized carbons (Fsp3) is 0.500. The predicted octanol–water partition coefficient (Wildman–Crippen LogP) is 3.30. The van der Waals surface area contributed by atoms with E-state index in [0.29, 0.717) is 5.78 Å². The van der Waals surface area contributed by atoms with Gasteiger partial charge in [-0.15, -0.1) is 0 Å². The molecule has 0 heterocycles. The van der Waals surface area contributed by atoms with Crippen LogP contribution in [0.2, 0.25) is 0 Å². The first-order valence-corrected chi connectivity index (χ1v) is 5.94. The standard InChI is InChI=1S/C14H18O/c15-14-5-3-1-2-4-12-6-8-13(9-7-12)10-11-14/h6-9H,1-5,10-11H2. The third-order valence-corrected chi connectivity index (χ3v) is 3.14. The van der Waals surface area contributed by atoms with E-state index in [2.05, 4.69) is 24.3 Å². The molecule has 2 bridgehead atoms. The highest BCUT2D eigenvalue weighted by Gasteiger charge is 2.05. The number of benzene rings is 1. The van der Waals surface area contributed by atoms with Crippen LogP contribution in [-0.2, 0) is 17.6 Å². The van der Waals surface area contributed by atoms with Gasteiger partial charge in [0, 0.05) is 12.8 Å². The maximum Gasteiger partial charge on any atom is 0.133 e. The number of hydrogen-bond acceptors (Lipinski definition) is 1. The lowest BCUT2D eigenvalue weighted by atomic mass is 9.98. The van der Waals surface area contributed by atoms with Crippen molar-refractivity contribution in [2.45, 2.75) is 44.9 Å². The van der Waals surface area contributed by atoms with Crippen LogP contribution in [0.3, 0.4) is 0 Å². The molecule has 0 aromatic heterocycles. The van der Waals surface area contributed by atoms with E-state index in [1.165, 1.54) is 24.0 Å². The summed E-state index contributed by atoms with van der Waals surface area (Å²) in [6, 6.07) is 8.76. The Morgan fingerprint density at radius 1 is 0.667 bits per heavy atom. The largest absolute Gasteiger partial charge is 0.300 e. The van der Waals surface area contributed by atoms with Crippen LogP contribution in [0.1, 0.15) is 43.2 Å². The van der Waals surface area contributed by atoms with Crippen molar-refractivity contribution in [3.63, 3.8) is 0 Å². The predicted molar refractivity (Wildman–Crippen MR) is 61.9 cm³/mol. The molecule has 1 heteroatoms. The van der Waals surface area contributed by atoms with Crippen molar-refractivity contribution >= 4 is 5.78 Å². The van der Waals surface area contributed by atoms with E-state index in [-0.39, 0.29) is 0 Å². The Kier molecular flexibility index (Phi) is 3.54. The molecule has 2 aliphatic rings. The van der Waals surface area contributed by atoms with Crippen molar-refractivity contribution in [3.8, 4) is 0 Å². The highest BCUT2D eigenvalue weighted by Crippen LogP contribution is 2.14. The summed E-state index contributed by atoms with van der Waals surface area (Å²) >= 11 is 0. The van der Waals surface area contributed by atoms with E-state index in [1.54, 1.807) is 0 Å². The number of fused-ring (bicyclic) bond motifs is 9. The van der Waals surface area contributed by atoms with E-state index >= 15 is 0 Å². The van der Waals surface area contributed by atoms with Crippen molar-refractivity contribution in [1.29, 1.82) is 0 Å². The molecule has 1 aromatic carbocycles. The third-order valence-electron chi connectivity index (χ3n) is 3.14. The van der Waals surface area contributed by atoms with Crippen LogP contribution in [0, 0.1) is 0 Å². The van der Waals surface area contributed by atoms with Gasteiger partial charge in [0.1, 0.15) is 5.78 Å². The fourth-order valence-electron chi connectivity index (χ4n) is 2.11. The van der Waals surface area contributed by atoms with E-state index in [0.717, 1.165) is 32.1 Å². The highest BCUT2D eigenvalue weighted by atomic mass is 16.1. The van der Waals surface area contributed by atoms with Gasteiger partial charge in [-0.25, -0.2) is 0 Å². The first kappa shape index (κ1) is 10.4. The lowest BCUT2D eigenvalue weighted by Crippen LogP contribution is -2.01. The number of carbonyl (C=O) groups is 1. The second-order valence-electron chi connectivity index (χ2n) is 4.42. The molecule has 0 saturated heterocycles. The zero-order valence-corrected chi connectivity index (χ0v) is 9.17. The Morgan fingerprint density at radius 3 is 2.00 bits per heavy atom. The van der Waals surface area contributed by atoms with Gasteiger partial charge in [0.2, 0.25) is 0 Å². The van der Waals surface area contributed by atoms with Crippen LogP contribution in [0.4, 0.5) is 0 Å². The maximum atomic E-state index is 11.5. The average molecular weight is 202 g/mol. The molecule has 0 fully saturated rings. The zero-order chi connectivity index (χ0) is 10.5. The number of carbonyl (C=O) groups excluding carboxylic acids is 1. The van der Waals surface area contributed by atoms with Crippen molar-refractivity contribution < 1.29 is 4.79 Å². The normalized spacial score (nSPS) is 18.3. The first-order chi connectivity index (χ1) is 7.34. The molecule has 2 aliphatic carbocycles. The SMILES string of the molecule is O=C1CCCCCc2ccc(cc2)CC1. The molecule has 0 spiro atoms. The summed E-state index contributed by atoms with van der Waals surface area (Å²) in [5.74, 6) is 0.430. The maximum absolute atomic E-state index is 11.5.